The Morgan fingerprint density at radius 3 is 2.37 bits per heavy atom. The second-order valence-electron chi connectivity index (χ2n) is 4.73. The van der Waals surface area contributed by atoms with E-state index in [4.69, 9.17) is 0 Å². The lowest BCUT2D eigenvalue weighted by Gasteiger charge is -2.33. The topological polar surface area (TPSA) is 15.3 Å². The summed E-state index contributed by atoms with van der Waals surface area (Å²) in [5.74, 6) is -0.841. The first-order valence-corrected chi connectivity index (χ1v) is 6.20. The van der Waals surface area contributed by atoms with E-state index >= 15 is 0 Å². The Morgan fingerprint density at radius 1 is 1.16 bits per heavy atom. The van der Waals surface area contributed by atoms with Crippen LogP contribution in [-0.2, 0) is 6.18 Å². The Kier molecular flexibility index (Phi) is 4.10. The van der Waals surface area contributed by atoms with E-state index in [1.165, 1.54) is 6.07 Å². The zero-order chi connectivity index (χ0) is 14.0. The van der Waals surface area contributed by atoms with Crippen molar-refractivity contribution in [2.24, 2.45) is 0 Å². The third-order valence-electron chi connectivity index (χ3n) is 3.43. The van der Waals surface area contributed by atoms with E-state index in [-0.39, 0.29) is 6.04 Å². The number of nitrogens with one attached hydrogen (secondary N) is 1. The summed E-state index contributed by atoms with van der Waals surface area (Å²) in [7, 11) is 0. The van der Waals surface area contributed by atoms with E-state index in [1.54, 1.807) is 6.92 Å². The van der Waals surface area contributed by atoms with E-state index in [9.17, 15) is 17.6 Å². The Morgan fingerprint density at radius 2 is 1.79 bits per heavy atom. The maximum Gasteiger partial charge on any atom is 0.416 e. The third-order valence-corrected chi connectivity index (χ3v) is 3.43. The average molecular weight is 276 g/mol. The number of benzene rings is 1. The minimum Gasteiger partial charge on any atom is -0.314 e. The van der Waals surface area contributed by atoms with Gasteiger partial charge in [0.2, 0.25) is 0 Å². The second kappa shape index (κ2) is 5.46. The van der Waals surface area contributed by atoms with Gasteiger partial charge in [0.25, 0.3) is 0 Å². The Bertz CT molecular complexity index is 439. The van der Waals surface area contributed by atoms with Crippen LogP contribution in [0, 0.1) is 5.82 Å². The molecule has 0 aliphatic carbocycles. The van der Waals surface area contributed by atoms with E-state index in [0.717, 1.165) is 32.2 Å². The molecule has 0 saturated carbocycles. The molecule has 19 heavy (non-hydrogen) atoms. The predicted octanol–water partition coefficient (Wildman–Crippen LogP) is 2.81. The van der Waals surface area contributed by atoms with E-state index in [1.807, 2.05) is 4.90 Å². The molecule has 0 amide bonds. The molecule has 1 atom stereocenters. The molecule has 1 aromatic carbocycles. The van der Waals surface area contributed by atoms with Gasteiger partial charge in [-0.3, -0.25) is 4.90 Å². The molecule has 1 N–H and O–H groups in total. The Labute approximate surface area is 109 Å². The van der Waals surface area contributed by atoms with Gasteiger partial charge < -0.3 is 5.32 Å². The summed E-state index contributed by atoms with van der Waals surface area (Å²) < 4.78 is 51.3. The number of piperazine rings is 1. The summed E-state index contributed by atoms with van der Waals surface area (Å²) in [4.78, 5) is 2.05. The van der Waals surface area contributed by atoms with Crippen LogP contribution >= 0.6 is 0 Å². The first-order valence-electron chi connectivity index (χ1n) is 6.20. The van der Waals surface area contributed by atoms with Crippen LogP contribution in [0.15, 0.2) is 18.2 Å². The fourth-order valence-electron chi connectivity index (χ4n) is 2.30. The molecule has 6 heteroatoms. The van der Waals surface area contributed by atoms with Gasteiger partial charge in [0, 0.05) is 32.2 Å². The maximum absolute atomic E-state index is 13.4. The van der Waals surface area contributed by atoms with Crippen LogP contribution in [0.1, 0.15) is 24.1 Å². The van der Waals surface area contributed by atoms with Gasteiger partial charge >= 0.3 is 6.18 Å². The van der Waals surface area contributed by atoms with E-state index in [2.05, 4.69) is 5.32 Å². The van der Waals surface area contributed by atoms with Crippen molar-refractivity contribution in [1.82, 2.24) is 10.2 Å². The molecular weight excluding hydrogens is 260 g/mol. The number of alkyl halides is 3. The monoisotopic (exact) mass is 276 g/mol. The zero-order valence-corrected chi connectivity index (χ0v) is 10.6. The summed E-state index contributed by atoms with van der Waals surface area (Å²) >= 11 is 0. The molecule has 2 nitrogen and oxygen atoms in total. The van der Waals surface area contributed by atoms with Gasteiger partial charge in [-0.25, -0.2) is 4.39 Å². The van der Waals surface area contributed by atoms with Gasteiger partial charge in [0.05, 0.1) is 5.56 Å². The van der Waals surface area contributed by atoms with Gasteiger partial charge in [-0.1, -0.05) is 0 Å². The third kappa shape index (κ3) is 3.45. The van der Waals surface area contributed by atoms with Crippen LogP contribution in [0.25, 0.3) is 0 Å². The maximum atomic E-state index is 13.4. The fourth-order valence-corrected chi connectivity index (χ4v) is 2.30. The number of rotatable bonds is 2. The summed E-state index contributed by atoms with van der Waals surface area (Å²) in [5.41, 5.74) is -0.557. The van der Waals surface area contributed by atoms with Crippen molar-refractivity contribution in [1.29, 1.82) is 0 Å². The van der Waals surface area contributed by atoms with Crippen LogP contribution in [0.4, 0.5) is 17.6 Å². The van der Waals surface area contributed by atoms with Crippen LogP contribution in [-0.4, -0.2) is 31.1 Å². The molecule has 0 unspecified atom stereocenters. The average Bonchev–Trinajstić information content (AvgIpc) is 2.37. The molecule has 0 aromatic heterocycles. The normalized spacial score (nSPS) is 19.4. The van der Waals surface area contributed by atoms with E-state index in [0.29, 0.717) is 11.6 Å². The minimum absolute atomic E-state index is 0.223. The highest BCUT2D eigenvalue weighted by molar-refractivity contribution is 5.29. The molecule has 1 aromatic rings. The first-order chi connectivity index (χ1) is 8.88. The van der Waals surface area contributed by atoms with Gasteiger partial charge in [-0.15, -0.1) is 0 Å². The standard InChI is InChI=1S/C13H16F4N2/c1-9(19-4-2-18-3-5-19)10-6-11(13(15,16)17)8-12(14)7-10/h6-9,18H,2-5H2,1H3/t9-/m0/s1. The first kappa shape index (κ1) is 14.3. The number of nitrogens with zero attached hydrogens (tertiary/aromatic N) is 1. The highest BCUT2D eigenvalue weighted by Crippen LogP contribution is 2.32. The molecular formula is C13H16F4N2. The SMILES string of the molecule is C[C@@H](c1cc(F)cc(C(F)(F)F)c1)N1CCNCC1. The molecule has 0 radical (unpaired) electrons. The smallest absolute Gasteiger partial charge is 0.314 e. The van der Waals surface area contributed by atoms with Crippen molar-refractivity contribution >= 4 is 0 Å². The van der Waals surface area contributed by atoms with Gasteiger partial charge in [-0.2, -0.15) is 13.2 Å². The molecule has 1 fully saturated rings. The van der Waals surface area contributed by atoms with Gasteiger partial charge in [-0.05, 0) is 30.7 Å². The molecule has 1 aliphatic rings. The molecule has 2 rings (SSSR count). The van der Waals surface area contributed by atoms with Crippen LogP contribution < -0.4 is 5.32 Å². The summed E-state index contributed by atoms with van der Waals surface area (Å²) in [6.07, 6.45) is -4.51. The molecule has 1 saturated heterocycles. The van der Waals surface area contributed by atoms with Crippen molar-refractivity contribution < 1.29 is 17.6 Å². The molecule has 0 spiro atoms. The summed E-state index contributed by atoms with van der Waals surface area (Å²) in [6, 6.07) is 2.53. The van der Waals surface area contributed by atoms with Crippen molar-refractivity contribution in [2.75, 3.05) is 26.2 Å². The number of hydrogen-bond donors (Lipinski definition) is 1. The Balaban J connectivity index is 2.26. The lowest BCUT2D eigenvalue weighted by molar-refractivity contribution is -0.137. The van der Waals surface area contributed by atoms with Crippen molar-refractivity contribution in [3.63, 3.8) is 0 Å². The van der Waals surface area contributed by atoms with Crippen molar-refractivity contribution in [2.45, 2.75) is 19.1 Å². The highest BCUT2D eigenvalue weighted by Gasteiger charge is 2.32. The van der Waals surface area contributed by atoms with Crippen LogP contribution in [0.3, 0.4) is 0 Å². The zero-order valence-electron chi connectivity index (χ0n) is 10.6. The molecule has 1 aliphatic heterocycles. The van der Waals surface area contributed by atoms with Gasteiger partial charge in [0.1, 0.15) is 5.82 Å². The highest BCUT2D eigenvalue weighted by atomic mass is 19.4. The van der Waals surface area contributed by atoms with Crippen LogP contribution in [0.2, 0.25) is 0 Å². The predicted molar refractivity (Wildman–Crippen MR) is 64.3 cm³/mol. The number of halogens is 4. The largest absolute Gasteiger partial charge is 0.416 e. The van der Waals surface area contributed by atoms with E-state index < -0.39 is 17.6 Å². The van der Waals surface area contributed by atoms with Crippen LogP contribution in [0.5, 0.6) is 0 Å². The second-order valence-corrected chi connectivity index (χ2v) is 4.73. The van der Waals surface area contributed by atoms with Crippen molar-refractivity contribution in [3.05, 3.63) is 35.1 Å². The summed E-state index contributed by atoms with van der Waals surface area (Å²) in [5, 5.41) is 3.17. The molecule has 1 heterocycles. The van der Waals surface area contributed by atoms with Crippen molar-refractivity contribution in [3.8, 4) is 0 Å². The van der Waals surface area contributed by atoms with Gasteiger partial charge in [0.15, 0.2) is 0 Å². The number of hydrogen-bond acceptors (Lipinski definition) is 2. The quantitative estimate of drug-likeness (QED) is 0.836. The molecule has 0 bridgehead atoms. The fraction of sp³-hybridized carbons (Fsp3) is 0.538. The Hall–Kier alpha value is -1.14. The lowest BCUT2D eigenvalue weighted by atomic mass is 10.0. The molecule has 106 valence electrons. The minimum atomic E-state index is -4.51. The lowest BCUT2D eigenvalue weighted by Crippen LogP contribution is -2.44. The summed E-state index contributed by atoms with van der Waals surface area (Å²) in [6.45, 7) is 4.90.